The molecule has 2 N–H and O–H groups in total. The summed E-state index contributed by atoms with van der Waals surface area (Å²) in [5, 5.41) is 0.468. The van der Waals surface area contributed by atoms with E-state index in [1.807, 2.05) is 29.2 Å². The fourth-order valence-electron chi connectivity index (χ4n) is 2.82. The lowest BCUT2D eigenvalue weighted by Crippen LogP contribution is -2.48. The molecule has 0 radical (unpaired) electrons. The zero-order valence-electron chi connectivity index (χ0n) is 13.5. The third-order valence-electron chi connectivity index (χ3n) is 4.25. The maximum absolute atomic E-state index is 12.6. The molecule has 1 saturated heterocycles. The van der Waals surface area contributed by atoms with Gasteiger partial charge in [0.25, 0.3) is 5.91 Å². The summed E-state index contributed by atoms with van der Waals surface area (Å²) < 4.78 is 5.18. The van der Waals surface area contributed by atoms with Gasteiger partial charge >= 0.3 is 0 Å². The van der Waals surface area contributed by atoms with Crippen LogP contribution in [0.5, 0.6) is 5.75 Å². The average Bonchev–Trinajstić information content (AvgIpc) is 2.63. The van der Waals surface area contributed by atoms with E-state index in [0.29, 0.717) is 29.4 Å². The lowest BCUT2D eigenvalue weighted by atomic mass is 10.1. The Morgan fingerprint density at radius 1 is 1.08 bits per heavy atom. The number of anilines is 2. The molecule has 0 bridgehead atoms. The number of nitrogens with zero attached hydrogens (tertiary/aromatic N) is 2. The van der Waals surface area contributed by atoms with E-state index in [9.17, 15) is 4.79 Å². The second-order valence-corrected chi connectivity index (χ2v) is 6.12. The van der Waals surface area contributed by atoms with Gasteiger partial charge in [0.1, 0.15) is 5.75 Å². The molecule has 0 unspecified atom stereocenters. The summed E-state index contributed by atoms with van der Waals surface area (Å²) >= 11 is 5.91. The van der Waals surface area contributed by atoms with Crippen LogP contribution in [-0.2, 0) is 0 Å². The van der Waals surface area contributed by atoms with Crippen LogP contribution in [0.4, 0.5) is 11.4 Å². The van der Waals surface area contributed by atoms with Gasteiger partial charge in [0.05, 0.1) is 17.8 Å². The van der Waals surface area contributed by atoms with Crippen LogP contribution >= 0.6 is 11.6 Å². The zero-order valence-corrected chi connectivity index (χ0v) is 14.3. The molecule has 1 fully saturated rings. The molecule has 3 rings (SSSR count). The lowest BCUT2D eigenvalue weighted by molar-refractivity contribution is 0.0747. The van der Waals surface area contributed by atoms with Crippen LogP contribution < -0.4 is 15.4 Å². The normalized spacial score (nSPS) is 14.6. The Labute approximate surface area is 146 Å². The van der Waals surface area contributed by atoms with E-state index in [0.717, 1.165) is 24.5 Å². The number of hydrogen-bond acceptors (Lipinski definition) is 4. The minimum Gasteiger partial charge on any atom is -0.497 e. The molecule has 1 aliphatic heterocycles. The van der Waals surface area contributed by atoms with E-state index in [-0.39, 0.29) is 5.91 Å². The fourth-order valence-corrected chi connectivity index (χ4v) is 2.94. The van der Waals surface area contributed by atoms with Crippen LogP contribution in [0.2, 0.25) is 5.02 Å². The summed E-state index contributed by atoms with van der Waals surface area (Å²) in [6.07, 6.45) is 0. The summed E-state index contributed by atoms with van der Waals surface area (Å²) in [6.45, 7) is 2.93. The summed E-state index contributed by atoms with van der Waals surface area (Å²) in [5.41, 5.74) is 7.93. The maximum atomic E-state index is 12.6. The number of nitrogen functional groups attached to an aromatic ring is 1. The van der Waals surface area contributed by atoms with Gasteiger partial charge in [-0.3, -0.25) is 4.79 Å². The second-order valence-electron chi connectivity index (χ2n) is 5.71. The monoisotopic (exact) mass is 345 g/mol. The highest BCUT2D eigenvalue weighted by Gasteiger charge is 2.22. The van der Waals surface area contributed by atoms with Crippen molar-refractivity contribution >= 4 is 28.9 Å². The predicted molar refractivity (Wildman–Crippen MR) is 97.0 cm³/mol. The molecule has 0 spiro atoms. The molecule has 0 saturated carbocycles. The standard InChI is InChI=1S/C18H20ClN3O2/c1-24-15-5-3-14(4-6-15)21-8-10-22(11-9-21)18(23)13-2-7-16(19)17(20)12-13/h2-7,12H,8-11,20H2,1H3. The third-order valence-corrected chi connectivity index (χ3v) is 4.59. The molecule has 6 heteroatoms. The predicted octanol–water partition coefficient (Wildman–Crippen LogP) is 2.89. The largest absolute Gasteiger partial charge is 0.497 e. The highest BCUT2D eigenvalue weighted by molar-refractivity contribution is 6.33. The highest BCUT2D eigenvalue weighted by Crippen LogP contribution is 2.23. The Balaban J connectivity index is 1.63. The number of methoxy groups -OCH3 is 1. The Hall–Kier alpha value is -2.40. The van der Waals surface area contributed by atoms with Crippen molar-refractivity contribution in [2.75, 3.05) is 43.9 Å². The van der Waals surface area contributed by atoms with Crippen molar-refractivity contribution in [3.05, 3.63) is 53.1 Å². The minimum atomic E-state index is -0.00672. The Kier molecular flexibility index (Phi) is 4.81. The van der Waals surface area contributed by atoms with Crippen molar-refractivity contribution < 1.29 is 9.53 Å². The van der Waals surface area contributed by atoms with Gasteiger partial charge in [-0.05, 0) is 42.5 Å². The first-order valence-corrected chi connectivity index (χ1v) is 8.19. The number of carbonyl (C=O) groups excluding carboxylic acids is 1. The van der Waals surface area contributed by atoms with Gasteiger partial charge in [0.15, 0.2) is 0 Å². The summed E-state index contributed by atoms with van der Waals surface area (Å²) in [6, 6.07) is 13.0. The summed E-state index contributed by atoms with van der Waals surface area (Å²) in [4.78, 5) is 16.7. The van der Waals surface area contributed by atoms with Crippen molar-refractivity contribution in [3.63, 3.8) is 0 Å². The Morgan fingerprint density at radius 2 is 1.75 bits per heavy atom. The first kappa shape index (κ1) is 16.5. The lowest BCUT2D eigenvalue weighted by Gasteiger charge is -2.36. The van der Waals surface area contributed by atoms with Gasteiger partial charge in [0, 0.05) is 37.4 Å². The van der Waals surface area contributed by atoms with Crippen LogP contribution in [0.1, 0.15) is 10.4 Å². The van der Waals surface area contributed by atoms with Crippen molar-refractivity contribution in [2.45, 2.75) is 0 Å². The smallest absolute Gasteiger partial charge is 0.254 e. The van der Waals surface area contributed by atoms with Crippen LogP contribution in [0.15, 0.2) is 42.5 Å². The number of nitrogens with two attached hydrogens (primary N) is 1. The number of piperazine rings is 1. The number of amides is 1. The van der Waals surface area contributed by atoms with E-state index in [1.165, 1.54) is 0 Å². The molecule has 1 amide bonds. The number of benzene rings is 2. The average molecular weight is 346 g/mol. The molecule has 2 aromatic carbocycles. The molecular weight excluding hydrogens is 326 g/mol. The number of hydrogen-bond donors (Lipinski definition) is 1. The van der Waals surface area contributed by atoms with Crippen molar-refractivity contribution in [2.24, 2.45) is 0 Å². The molecule has 0 atom stereocenters. The molecule has 1 aliphatic rings. The fraction of sp³-hybridized carbons (Fsp3) is 0.278. The van der Waals surface area contributed by atoms with Gasteiger partial charge in [-0.15, -0.1) is 0 Å². The summed E-state index contributed by atoms with van der Waals surface area (Å²) in [5.74, 6) is 0.834. The number of carbonyl (C=O) groups is 1. The van der Waals surface area contributed by atoms with Crippen LogP contribution in [-0.4, -0.2) is 44.1 Å². The highest BCUT2D eigenvalue weighted by atomic mass is 35.5. The van der Waals surface area contributed by atoms with Gasteiger partial charge in [0.2, 0.25) is 0 Å². The van der Waals surface area contributed by atoms with E-state index in [2.05, 4.69) is 4.90 Å². The van der Waals surface area contributed by atoms with Gasteiger partial charge in [-0.25, -0.2) is 0 Å². The van der Waals surface area contributed by atoms with Gasteiger partial charge in [-0.1, -0.05) is 11.6 Å². The van der Waals surface area contributed by atoms with Crippen molar-refractivity contribution in [3.8, 4) is 5.75 Å². The topological polar surface area (TPSA) is 58.8 Å². The van der Waals surface area contributed by atoms with Crippen LogP contribution in [0, 0.1) is 0 Å². The van der Waals surface area contributed by atoms with E-state index in [1.54, 1.807) is 25.3 Å². The third kappa shape index (κ3) is 3.41. The van der Waals surface area contributed by atoms with Crippen molar-refractivity contribution in [1.29, 1.82) is 0 Å². The van der Waals surface area contributed by atoms with Gasteiger partial charge < -0.3 is 20.3 Å². The number of rotatable bonds is 3. The first-order chi connectivity index (χ1) is 11.6. The van der Waals surface area contributed by atoms with Crippen LogP contribution in [0.25, 0.3) is 0 Å². The second kappa shape index (κ2) is 7.01. The number of halogens is 1. The number of ether oxygens (including phenoxy) is 1. The molecule has 5 nitrogen and oxygen atoms in total. The van der Waals surface area contributed by atoms with E-state index >= 15 is 0 Å². The van der Waals surface area contributed by atoms with E-state index in [4.69, 9.17) is 22.1 Å². The van der Waals surface area contributed by atoms with E-state index < -0.39 is 0 Å². The van der Waals surface area contributed by atoms with Crippen molar-refractivity contribution in [1.82, 2.24) is 4.90 Å². The molecule has 2 aromatic rings. The first-order valence-electron chi connectivity index (χ1n) is 7.82. The minimum absolute atomic E-state index is 0.00672. The summed E-state index contributed by atoms with van der Waals surface area (Å²) in [7, 11) is 1.66. The quantitative estimate of drug-likeness (QED) is 0.869. The SMILES string of the molecule is COc1ccc(N2CCN(C(=O)c3ccc(Cl)c(N)c3)CC2)cc1. The van der Waals surface area contributed by atoms with Crippen LogP contribution in [0.3, 0.4) is 0 Å². The molecule has 24 heavy (non-hydrogen) atoms. The molecular formula is C18H20ClN3O2. The molecule has 126 valence electrons. The Morgan fingerprint density at radius 3 is 2.33 bits per heavy atom. The zero-order chi connectivity index (χ0) is 17.1. The molecule has 0 aliphatic carbocycles. The molecule has 1 heterocycles. The maximum Gasteiger partial charge on any atom is 0.254 e. The van der Waals surface area contributed by atoms with Gasteiger partial charge in [-0.2, -0.15) is 0 Å². The molecule has 0 aromatic heterocycles. The Bertz CT molecular complexity index is 726.